The molecule has 0 saturated carbocycles. The first kappa shape index (κ1) is 13.8. The lowest BCUT2D eigenvalue weighted by Crippen LogP contribution is -2.01. The second-order valence-electron chi connectivity index (χ2n) is 4.93. The molecular weight excluding hydrogens is 280 g/mol. The molecule has 0 aliphatic carbocycles. The number of nitro groups is 1. The number of non-ortho nitro benzene ring substituents is 1. The van der Waals surface area contributed by atoms with Crippen molar-refractivity contribution in [2.24, 2.45) is 0 Å². The molecule has 3 aromatic rings. The zero-order valence-electron chi connectivity index (χ0n) is 11.7. The van der Waals surface area contributed by atoms with Crippen LogP contribution in [0.15, 0.2) is 60.9 Å². The number of nitrogens with zero attached hydrogens (tertiary/aromatic N) is 3. The van der Waals surface area contributed by atoms with Gasteiger partial charge in [0.15, 0.2) is 0 Å². The molecule has 6 heteroatoms. The van der Waals surface area contributed by atoms with Gasteiger partial charge in [-0.1, -0.05) is 24.3 Å². The Morgan fingerprint density at radius 3 is 2.68 bits per heavy atom. The number of aromatic nitrogens is 2. The summed E-state index contributed by atoms with van der Waals surface area (Å²) in [5, 5.41) is 10.9. The van der Waals surface area contributed by atoms with E-state index in [2.05, 4.69) is 4.98 Å². The van der Waals surface area contributed by atoms with Crippen molar-refractivity contribution in [3.8, 4) is 11.4 Å². The topological polar surface area (TPSA) is 87.0 Å². The van der Waals surface area contributed by atoms with E-state index < -0.39 is 4.92 Å². The van der Waals surface area contributed by atoms with Crippen LogP contribution in [0.5, 0.6) is 0 Å². The van der Waals surface area contributed by atoms with Gasteiger partial charge in [-0.25, -0.2) is 4.98 Å². The van der Waals surface area contributed by atoms with Crippen LogP contribution < -0.4 is 5.73 Å². The van der Waals surface area contributed by atoms with Crippen LogP contribution >= 0.6 is 0 Å². The summed E-state index contributed by atoms with van der Waals surface area (Å²) in [5.41, 5.74) is 8.25. The smallest absolute Gasteiger partial charge is 0.270 e. The number of hydrogen-bond donors (Lipinski definition) is 1. The maximum Gasteiger partial charge on any atom is 0.270 e. The Kier molecular flexibility index (Phi) is 3.57. The summed E-state index contributed by atoms with van der Waals surface area (Å²) in [7, 11) is 0. The van der Waals surface area contributed by atoms with Crippen LogP contribution in [-0.4, -0.2) is 14.5 Å². The minimum Gasteiger partial charge on any atom is -0.399 e. The molecule has 0 aliphatic heterocycles. The Morgan fingerprint density at radius 1 is 1.18 bits per heavy atom. The summed E-state index contributed by atoms with van der Waals surface area (Å²) in [4.78, 5) is 14.8. The van der Waals surface area contributed by atoms with Gasteiger partial charge in [0.1, 0.15) is 5.82 Å². The van der Waals surface area contributed by atoms with E-state index in [4.69, 9.17) is 5.73 Å². The van der Waals surface area contributed by atoms with Gasteiger partial charge in [-0.2, -0.15) is 0 Å². The molecule has 0 fully saturated rings. The molecule has 0 spiro atoms. The van der Waals surface area contributed by atoms with Crippen molar-refractivity contribution in [1.82, 2.24) is 9.55 Å². The van der Waals surface area contributed by atoms with Crippen LogP contribution in [0.25, 0.3) is 11.4 Å². The second kappa shape index (κ2) is 5.69. The highest BCUT2D eigenvalue weighted by Crippen LogP contribution is 2.23. The van der Waals surface area contributed by atoms with E-state index >= 15 is 0 Å². The number of nitrogens with two attached hydrogens (primary N) is 1. The highest BCUT2D eigenvalue weighted by Gasteiger charge is 2.11. The predicted molar refractivity (Wildman–Crippen MR) is 84.3 cm³/mol. The summed E-state index contributed by atoms with van der Waals surface area (Å²) < 4.78 is 1.95. The zero-order chi connectivity index (χ0) is 15.5. The number of benzene rings is 2. The first-order valence-corrected chi connectivity index (χ1v) is 6.74. The molecule has 0 bridgehead atoms. The quantitative estimate of drug-likeness (QED) is 0.455. The van der Waals surface area contributed by atoms with Crippen LogP contribution in [0.4, 0.5) is 11.4 Å². The number of imidazole rings is 1. The molecule has 0 unspecified atom stereocenters. The first-order valence-electron chi connectivity index (χ1n) is 6.74. The predicted octanol–water partition coefficient (Wildman–Crippen LogP) is 3.09. The van der Waals surface area contributed by atoms with E-state index in [1.165, 1.54) is 12.1 Å². The van der Waals surface area contributed by atoms with Gasteiger partial charge in [-0.15, -0.1) is 0 Å². The van der Waals surface area contributed by atoms with Crippen molar-refractivity contribution in [3.05, 3.63) is 76.6 Å². The molecule has 0 saturated heterocycles. The number of nitrogen functional groups attached to an aromatic ring is 1. The number of rotatable bonds is 4. The van der Waals surface area contributed by atoms with Crippen LogP contribution in [0.1, 0.15) is 5.56 Å². The first-order chi connectivity index (χ1) is 10.6. The molecule has 0 amide bonds. The van der Waals surface area contributed by atoms with E-state index in [-0.39, 0.29) is 5.69 Å². The van der Waals surface area contributed by atoms with Crippen molar-refractivity contribution in [2.45, 2.75) is 6.54 Å². The van der Waals surface area contributed by atoms with Gasteiger partial charge in [-0.3, -0.25) is 10.1 Å². The summed E-state index contributed by atoms with van der Waals surface area (Å²) in [6, 6.07) is 14.1. The third-order valence-electron chi connectivity index (χ3n) is 3.36. The third kappa shape index (κ3) is 2.80. The third-order valence-corrected chi connectivity index (χ3v) is 3.36. The summed E-state index contributed by atoms with van der Waals surface area (Å²) in [6.07, 6.45) is 3.54. The number of nitro benzene ring substituents is 1. The van der Waals surface area contributed by atoms with Crippen molar-refractivity contribution in [2.75, 3.05) is 5.73 Å². The average Bonchev–Trinajstić information content (AvgIpc) is 2.98. The molecule has 1 aromatic heterocycles. The average molecular weight is 294 g/mol. The molecular formula is C16H14N4O2. The Morgan fingerprint density at radius 2 is 1.95 bits per heavy atom. The van der Waals surface area contributed by atoms with Gasteiger partial charge >= 0.3 is 0 Å². The molecule has 22 heavy (non-hydrogen) atoms. The normalized spacial score (nSPS) is 10.5. The Labute approximate surface area is 127 Å². The monoisotopic (exact) mass is 294 g/mol. The van der Waals surface area contributed by atoms with Crippen LogP contribution in [0.2, 0.25) is 0 Å². The van der Waals surface area contributed by atoms with Crippen LogP contribution in [0, 0.1) is 10.1 Å². The van der Waals surface area contributed by atoms with E-state index in [0.29, 0.717) is 18.1 Å². The lowest BCUT2D eigenvalue weighted by molar-refractivity contribution is -0.384. The molecule has 2 aromatic carbocycles. The molecule has 2 N–H and O–H groups in total. The van der Waals surface area contributed by atoms with E-state index in [0.717, 1.165) is 11.1 Å². The number of anilines is 1. The molecule has 110 valence electrons. The fraction of sp³-hybridized carbons (Fsp3) is 0.0625. The summed E-state index contributed by atoms with van der Waals surface area (Å²) in [5.74, 6) is 0.695. The van der Waals surface area contributed by atoms with Crippen molar-refractivity contribution >= 4 is 11.4 Å². The van der Waals surface area contributed by atoms with Gasteiger partial charge in [-0.05, 0) is 17.7 Å². The van der Waals surface area contributed by atoms with Crippen molar-refractivity contribution in [3.63, 3.8) is 0 Å². The fourth-order valence-electron chi connectivity index (χ4n) is 2.28. The highest BCUT2D eigenvalue weighted by molar-refractivity contribution is 5.59. The molecule has 0 aliphatic rings. The lowest BCUT2D eigenvalue weighted by atomic mass is 10.1. The summed E-state index contributed by atoms with van der Waals surface area (Å²) in [6.45, 7) is 0.623. The van der Waals surface area contributed by atoms with Crippen LogP contribution in [-0.2, 0) is 6.54 Å². The van der Waals surface area contributed by atoms with Gasteiger partial charge in [0, 0.05) is 42.3 Å². The minimum absolute atomic E-state index is 0.0551. The SMILES string of the molecule is Nc1ccc(Cn2ccnc2-c2cccc([N+](=O)[O-])c2)cc1. The van der Waals surface area contributed by atoms with Crippen molar-refractivity contribution < 1.29 is 4.92 Å². The largest absolute Gasteiger partial charge is 0.399 e. The maximum atomic E-state index is 10.9. The van der Waals surface area contributed by atoms with Gasteiger partial charge < -0.3 is 10.3 Å². The highest BCUT2D eigenvalue weighted by atomic mass is 16.6. The van der Waals surface area contributed by atoms with Gasteiger partial charge in [0.05, 0.1) is 4.92 Å². The van der Waals surface area contributed by atoms with E-state index in [9.17, 15) is 10.1 Å². The Balaban J connectivity index is 1.93. The molecule has 0 radical (unpaired) electrons. The number of hydrogen-bond acceptors (Lipinski definition) is 4. The molecule has 0 atom stereocenters. The standard InChI is InChI=1S/C16H14N4O2/c17-14-6-4-12(5-7-14)11-19-9-8-18-16(19)13-2-1-3-15(10-13)20(21)22/h1-10H,11,17H2. The Hall–Kier alpha value is -3.15. The maximum absolute atomic E-state index is 10.9. The Bertz CT molecular complexity index is 809. The lowest BCUT2D eigenvalue weighted by Gasteiger charge is -2.08. The zero-order valence-corrected chi connectivity index (χ0v) is 11.7. The molecule has 3 rings (SSSR count). The van der Waals surface area contributed by atoms with Crippen molar-refractivity contribution in [1.29, 1.82) is 0 Å². The molecule has 6 nitrogen and oxygen atoms in total. The summed E-state index contributed by atoms with van der Waals surface area (Å²) >= 11 is 0. The fourth-order valence-corrected chi connectivity index (χ4v) is 2.28. The minimum atomic E-state index is -0.406. The van der Waals surface area contributed by atoms with Gasteiger partial charge in [0.2, 0.25) is 0 Å². The van der Waals surface area contributed by atoms with Gasteiger partial charge in [0.25, 0.3) is 5.69 Å². The van der Waals surface area contributed by atoms with E-state index in [1.54, 1.807) is 12.3 Å². The van der Waals surface area contributed by atoms with Crippen LogP contribution in [0.3, 0.4) is 0 Å². The second-order valence-corrected chi connectivity index (χ2v) is 4.93. The molecule has 1 heterocycles. The van der Waals surface area contributed by atoms with E-state index in [1.807, 2.05) is 41.1 Å².